The van der Waals surface area contributed by atoms with E-state index in [4.69, 9.17) is 14.2 Å². The quantitative estimate of drug-likeness (QED) is 0.390. The van der Waals surface area contributed by atoms with E-state index in [-0.39, 0.29) is 11.2 Å². The molecule has 3 aromatic rings. The van der Waals surface area contributed by atoms with Crippen molar-refractivity contribution in [1.29, 1.82) is 0 Å². The van der Waals surface area contributed by atoms with Crippen LogP contribution in [0.5, 0.6) is 17.2 Å². The molecule has 0 bridgehead atoms. The zero-order valence-corrected chi connectivity index (χ0v) is 19.4. The van der Waals surface area contributed by atoms with Gasteiger partial charge in [0.25, 0.3) is 0 Å². The molecule has 0 saturated carbocycles. The maximum absolute atomic E-state index is 5.96. The van der Waals surface area contributed by atoms with Gasteiger partial charge < -0.3 is 14.2 Å². The van der Waals surface area contributed by atoms with Crippen LogP contribution in [0.4, 0.5) is 0 Å². The molecular weight excluding hydrogens is 392 g/mol. The molecule has 0 aliphatic rings. The van der Waals surface area contributed by atoms with Gasteiger partial charge in [-0.05, 0) is 101 Å². The van der Waals surface area contributed by atoms with Gasteiger partial charge in [0.2, 0.25) is 0 Å². The van der Waals surface area contributed by atoms with Crippen LogP contribution in [0.1, 0.15) is 40.2 Å². The zero-order valence-electron chi connectivity index (χ0n) is 18.6. The van der Waals surface area contributed by atoms with Crippen molar-refractivity contribution in [3.05, 3.63) is 78.4 Å². The Morgan fingerprint density at radius 2 is 1.03 bits per heavy atom. The molecule has 0 aliphatic heterocycles. The molecule has 3 nitrogen and oxygen atoms in total. The molecule has 30 heavy (non-hydrogen) atoms. The highest BCUT2D eigenvalue weighted by atomic mass is 32.2. The summed E-state index contributed by atoms with van der Waals surface area (Å²) in [5.41, 5.74) is 0.673. The molecule has 0 aliphatic carbocycles. The third-order valence-electron chi connectivity index (χ3n) is 4.60. The third-order valence-corrected chi connectivity index (χ3v) is 5.62. The lowest BCUT2D eigenvalue weighted by Crippen LogP contribution is -2.22. The molecule has 0 saturated heterocycles. The highest BCUT2D eigenvalue weighted by Gasteiger charge is 2.18. The summed E-state index contributed by atoms with van der Waals surface area (Å²) in [4.78, 5) is 2.35. The fourth-order valence-electron chi connectivity index (χ4n) is 2.82. The average Bonchev–Trinajstić information content (AvgIpc) is 2.70. The van der Waals surface area contributed by atoms with Gasteiger partial charge in [0.1, 0.15) is 22.8 Å². The summed E-state index contributed by atoms with van der Waals surface area (Å²) in [5, 5.41) is 0. The molecule has 0 aromatic heterocycles. The van der Waals surface area contributed by atoms with E-state index < -0.39 is 0 Å². The molecule has 0 amide bonds. The summed E-state index contributed by atoms with van der Waals surface area (Å²) < 4.78 is 17.3. The Morgan fingerprint density at radius 1 is 0.600 bits per heavy atom. The van der Waals surface area contributed by atoms with Crippen LogP contribution in [-0.4, -0.2) is 12.7 Å². The normalized spacial score (nSPS) is 11.9. The Morgan fingerprint density at radius 3 is 1.50 bits per heavy atom. The summed E-state index contributed by atoms with van der Waals surface area (Å²) in [6.45, 7) is 10.2. The minimum Gasteiger partial charge on any atom is -0.488 e. The first kappa shape index (κ1) is 22.3. The Hall–Kier alpha value is -2.43. The second-order valence-electron chi connectivity index (χ2n) is 8.60. The smallest absolute Gasteiger partial charge is 0.127 e. The number of ether oxygens (including phenoxy) is 3. The SMILES string of the molecule is COC(C)(C)c1ccc(Sc2ccc(Oc3ccc(OC(C)(C)C)cc3)cc2)cc1. The van der Waals surface area contributed by atoms with Crippen LogP contribution in [0.15, 0.2) is 82.6 Å². The number of methoxy groups -OCH3 is 1. The Balaban J connectivity index is 1.60. The summed E-state index contributed by atoms with van der Waals surface area (Å²) in [6.07, 6.45) is 0. The van der Waals surface area contributed by atoms with Crippen molar-refractivity contribution in [1.82, 2.24) is 0 Å². The van der Waals surface area contributed by atoms with Gasteiger partial charge in [-0.2, -0.15) is 0 Å². The van der Waals surface area contributed by atoms with Gasteiger partial charge in [-0.25, -0.2) is 0 Å². The fourth-order valence-corrected chi connectivity index (χ4v) is 3.64. The summed E-state index contributed by atoms with van der Waals surface area (Å²) in [5.74, 6) is 2.43. The summed E-state index contributed by atoms with van der Waals surface area (Å²) >= 11 is 1.72. The molecule has 0 N–H and O–H groups in total. The van der Waals surface area contributed by atoms with Crippen molar-refractivity contribution in [3.8, 4) is 17.2 Å². The second kappa shape index (κ2) is 9.15. The largest absolute Gasteiger partial charge is 0.488 e. The third kappa shape index (κ3) is 6.28. The van der Waals surface area contributed by atoms with Crippen LogP contribution in [0.3, 0.4) is 0 Å². The van der Waals surface area contributed by atoms with Crippen LogP contribution < -0.4 is 9.47 Å². The highest BCUT2D eigenvalue weighted by molar-refractivity contribution is 7.99. The molecule has 0 unspecified atom stereocenters. The van der Waals surface area contributed by atoms with Crippen molar-refractivity contribution in [2.45, 2.75) is 55.6 Å². The van der Waals surface area contributed by atoms with E-state index in [1.54, 1.807) is 18.9 Å². The predicted octanol–water partition coefficient (Wildman–Crippen LogP) is 7.69. The molecule has 4 heteroatoms. The van der Waals surface area contributed by atoms with Crippen LogP contribution in [-0.2, 0) is 10.3 Å². The first-order chi connectivity index (χ1) is 14.1. The van der Waals surface area contributed by atoms with E-state index in [1.807, 2.05) is 57.2 Å². The number of hydrogen-bond acceptors (Lipinski definition) is 4. The van der Waals surface area contributed by atoms with Crippen LogP contribution in [0.25, 0.3) is 0 Å². The molecule has 0 heterocycles. The van der Waals surface area contributed by atoms with E-state index in [0.717, 1.165) is 27.7 Å². The first-order valence-corrected chi connectivity index (χ1v) is 10.9. The molecule has 3 rings (SSSR count). The first-order valence-electron chi connectivity index (χ1n) is 10.1. The molecule has 0 atom stereocenters. The maximum Gasteiger partial charge on any atom is 0.127 e. The Kier molecular flexibility index (Phi) is 6.79. The topological polar surface area (TPSA) is 27.7 Å². The van der Waals surface area contributed by atoms with Gasteiger partial charge in [-0.3, -0.25) is 0 Å². The van der Waals surface area contributed by atoms with Crippen molar-refractivity contribution < 1.29 is 14.2 Å². The number of benzene rings is 3. The second-order valence-corrected chi connectivity index (χ2v) is 9.75. The van der Waals surface area contributed by atoms with Crippen molar-refractivity contribution in [3.63, 3.8) is 0 Å². The number of rotatable bonds is 7. The van der Waals surface area contributed by atoms with Crippen LogP contribution in [0, 0.1) is 0 Å². The highest BCUT2D eigenvalue weighted by Crippen LogP contribution is 2.32. The molecule has 0 radical (unpaired) electrons. The summed E-state index contributed by atoms with van der Waals surface area (Å²) in [7, 11) is 1.74. The lowest BCUT2D eigenvalue weighted by atomic mass is 9.98. The molecule has 0 fully saturated rings. The fraction of sp³-hybridized carbons (Fsp3) is 0.308. The Labute approximate surface area is 184 Å². The van der Waals surface area contributed by atoms with Gasteiger partial charge in [-0.1, -0.05) is 23.9 Å². The van der Waals surface area contributed by atoms with E-state index in [0.29, 0.717) is 0 Å². The van der Waals surface area contributed by atoms with E-state index in [1.165, 1.54) is 4.90 Å². The monoisotopic (exact) mass is 422 g/mol. The Bertz CT molecular complexity index is 938. The molecule has 158 valence electrons. The number of hydrogen-bond donors (Lipinski definition) is 0. The minimum atomic E-state index is -0.279. The van der Waals surface area contributed by atoms with E-state index >= 15 is 0 Å². The predicted molar refractivity (Wildman–Crippen MR) is 124 cm³/mol. The van der Waals surface area contributed by atoms with Gasteiger partial charge in [0.05, 0.1) is 5.60 Å². The standard InChI is InChI=1S/C26H30O3S/c1-25(2,3)29-22-11-9-20(10-12-22)28-21-13-17-24(18-14-21)30-23-15-7-19(8-16-23)26(4,5)27-6/h7-18H,1-6H3. The van der Waals surface area contributed by atoms with Gasteiger partial charge in [0.15, 0.2) is 0 Å². The lowest BCUT2D eigenvalue weighted by Gasteiger charge is -2.23. The van der Waals surface area contributed by atoms with E-state index in [2.05, 4.69) is 50.2 Å². The van der Waals surface area contributed by atoms with Gasteiger partial charge in [-0.15, -0.1) is 0 Å². The molecular formula is C26H30O3S. The maximum atomic E-state index is 5.96. The molecule has 0 spiro atoms. The lowest BCUT2D eigenvalue weighted by molar-refractivity contribution is 0.0192. The van der Waals surface area contributed by atoms with Gasteiger partial charge in [0, 0.05) is 16.9 Å². The molecule has 3 aromatic carbocycles. The van der Waals surface area contributed by atoms with Gasteiger partial charge >= 0.3 is 0 Å². The van der Waals surface area contributed by atoms with Crippen molar-refractivity contribution >= 4 is 11.8 Å². The van der Waals surface area contributed by atoms with Crippen molar-refractivity contribution in [2.75, 3.05) is 7.11 Å². The minimum absolute atomic E-state index is 0.212. The van der Waals surface area contributed by atoms with Crippen LogP contribution in [0.2, 0.25) is 0 Å². The average molecular weight is 423 g/mol. The van der Waals surface area contributed by atoms with Crippen LogP contribution >= 0.6 is 11.8 Å². The van der Waals surface area contributed by atoms with E-state index in [9.17, 15) is 0 Å². The zero-order chi connectivity index (χ0) is 21.8. The van der Waals surface area contributed by atoms with Crippen molar-refractivity contribution in [2.24, 2.45) is 0 Å². The summed E-state index contributed by atoms with van der Waals surface area (Å²) in [6, 6.07) is 24.3.